The van der Waals surface area contributed by atoms with Crippen LogP contribution in [0.4, 0.5) is 10.5 Å². The number of carbonyl (C=O) groups is 1. The van der Waals surface area contributed by atoms with Crippen molar-refractivity contribution in [2.45, 2.75) is 44.1 Å². The number of rotatable bonds is 8. The number of anilines is 1. The molecule has 2 aromatic rings. The largest absolute Gasteiger partial charge is 0.497 e. The smallest absolute Gasteiger partial charge is 0.319 e. The van der Waals surface area contributed by atoms with E-state index in [4.69, 9.17) is 14.6 Å². The summed E-state index contributed by atoms with van der Waals surface area (Å²) in [4.78, 5) is 12.2. The number of ether oxygens (including phenoxy) is 2. The Hall–Kier alpha value is -2.70. The minimum Gasteiger partial charge on any atom is -0.497 e. The number of amides is 2. The molecule has 0 unspecified atom stereocenters. The second-order valence-corrected chi connectivity index (χ2v) is 7.21. The maximum atomic E-state index is 12.2. The highest BCUT2D eigenvalue weighted by molar-refractivity contribution is 5.91. The zero-order valence-corrected chi connectivity index (χ0v) is 15.8. The number of urea groups is 1. The highest BCUT2D eigenvalue weighted by Crippen LogP contribution is 2.44. The number of carbonyl (C=O) groups excluding carboxylic acids is 1. The average molecular weight is 370 g/mol. The van der Waals surface area contributed by atoms with Crippen LogP contribution < -0.4 is 20.1 Å². The van der Waals surface area contributed by atoms with Crippen molar-refractivity contribution < 1.29 is 14.3 Å². The van der Waals surface area contributed by atoms with Gasteiger partial charge in [0, 0.05) is 30.1 Å². The Morgan fingerprint density at radius 2 is 1.93 bits per heavy atom. The van der Waals surface area contributed by atoms with Crippen LogP contribution in [0.15, 0.2) is 24.3 Å². The molecule has 0 aliphatic heterocycles. The van der Waals surface area contributed by atoms with Gasteiger partial charge in [0.15, 0.2) is 0 Å². The number of benzene rings is 1. The van der Waals surface area contributed by atoms with Gasteiger partial charge >= 0.3 is 6.03 Å². The van der Waals surface area contributed by atoms with E-state index >= 15 is 0 Å². The van der Waals surface area contributed by atoms with Gasteiger partial charge in [0.05, 0.1) is 32.1 Å². The molecular formula is C20H26N4O3. The summed E-state index contributed by atoms with van der Waals surface area (Å²) in [5.74, 6) is 2.54. The number of hydrogen-bond donors (Lipinski definition) is 2. The minimum absolute atomic E-state index is 0.263. The first-order valence-electron chi connectivity index (χ1n) is 9.52. The number of methoxy groups -OCH3 is 2. The van der Waals surface area contributed by atoms with E-state index in [0.29, 0.717) is 42.1 Å². The van der Waals surface area contributed by atoms with Gasteiger partial charge in [0.2, 0.25) is 0 Å². The predicted molar refractivity (Wildman–Crippen MR) is 103 cm³/mol. The van der Waals surface area contributed by atoms with Gasteiger partial charge < -0.3 is 20.1 Å². The predicted octanol–water partition coefficient (Wildman–Crippen LogP) is 3.48. The molecule has 2 aliphatic rings. The Kier molecular flexibility index (Phi) is 4.92. The molecule has 27 heavy (non-hydrogen) atoms. The summed E-state index contributed by atoms with van der Waals surface area (Å²) in [6.45, 7) is 1.21. The lowest BCUT2D eigenvalue weighted by molar-refractivity contribution is 0.251. The first-order chi connectivity index (χ1) is 13.2. The molecule has 1 heterocycles. The van der Waals surface area contributed by atoms with Crippen molar-refractivity contribution in [1.82, 2.24) is 15.1 Å². The fourth-order valence-corrected chi connectivity index (χ4v) is 3.26. The Morgan fingerprint density at radius 3 is 2.59 bits per heavy atom. The monoisotopic (exact) mass is 370 g/mol. The lowest BCUT2D eigenvalue weighted by Crippen LogP contribution is -2.32. The maximum absolute atomic E-state index is 12.2. The molecule has 0 saturated heterocycles. The third-order valence-corrected chi connectivity index (χ3v) is 5.09. The van der Waals surface area contributed by atoms with Gasteiger partial charge in [-0.3, -0.25) is 4.68 Å². The average Bonchev–Trinajstić information content (AvgIpc) is 3.60. The fourth-order valence-electron chi connectivity index (χ4n) is 3.26. The molecule has 2 fully saturated rings. The van der Waals surface area contributed by atoms with Crippen molar-refractivity contribution in [1.29, 1.82) is 0 Å². The van der Waals surface area contributed by atoms with E-state index in [1.54, 1.807) is 32.4 Å². The molecule has 1 aromatic heterocycles. The zero-order valence-electron chi connectivity index (χ0n) is 15.8. The van der Waals surface area contributed by atoms with E-state index in [9.17, 15) is 4.79 Å². The number of aromatic nitrogens is 2. The molecule has 0 atom stereocenters. The normalized spacial score (nSPS) is 16.1. The molecule has 2 amide bonds. The van der Waals surface area contributed by atoms with Gasteiger partial charge in [-0.15, -0.1) is 0 Å². The van der Waals surface area contributed by atoms with Crippen molar-refractivity contribution in [3.63, 3.8) is 0 Å². The van der Waals surface area contributed by atoms with Crippen LogP contribution in [-0.2, 0) is 6.54 Å². The number of nitrogens with zero attached hydrogens (tertiary/aromatic N) is 2. The summed E-state index contributed by atoms with van der Waals surface area (Å²) in [7, 11) is 3.15. The van der Waals surface area contributed by atoms with Crippen molar-refractivity contribution in [2.75, 3.05) is 26.1 Å². The van der Waals surface area contributed by atoms with Gasteiger partial charge in [0.1, 0.15) is 11.5 Å². The highest BCUT2D eigenvalue weighted by atomic mass is 16.5. The first-order valence-corrected chi connectivity index (χ1v) is 9.52. The Balaban J connectivity index is 1.32. The summed E-state index contributed by atoms with van der Waals surface area (Å²) in [5, 5.41) is 10.5. The van der Waals surface area contributed by atoms with Gasteiger partial charge in [-0.1, -0.05) is 0 Å². The van der Waals surface area contributed by atoms with Crippen molar-refractivity contribution >= 4 is 11.7 Å². The molecule has 7 heteroatoms. The zero-order chi connectivity index (χ0) is 18.8. The lowest BCUT2D eigenvalue weighted by atomic mass is 10.2. The third-order valence-electron chi connectivity index (χ3n) is 5.09. The lowest BCUT2D eigenvalue weighted by Gasteiger charge is -2.13. The summed E-state index contributed by atoms with van der Waals surface area (Å²) in [5.41, 5.74) is 3.16. The quantitative estimate of drug-likeness (QED) is 0.746. The van der Waals surface area contributed by atoms with E-state index in [-0.39, 0.29) is 6.03 Å². The topological polar surface area (TPSA) is 77.4 Å². The van der Waals surface area contributed by atoms with Crippen LogP contribution in [0.3, 0.4) is 0 Å². The van der Waals surface area contributed by atoms with E-state index in [2.05, 4.69) is 21.4 Å². The van der Waals surface area contributed by atoms with Crippen LogP contribution in [0.5, 0.6) is 11.5 Å². The van der Waals surface area contributed by atoms with Crippen molar-refractivity contribution in [3.8, 4) is 11.5 Å². The van der Waals surface area contributed by atoms with E-state index in [1.165, 1.54) is 37.1 Å². The van der Waals surface area contributed by atoms with Crippen LogP contribution in [0.25, 0.3) is 0 Å². The SMILES string of the molecule is COc1ccc(NC(=O)NCCn2nc(C3CC3)cc2C2CC2)c(OC)c1. The molecule has 2 N–H and O–H groups in total. The molecular weight excluding hydrogens is 344 g/mol. The Labute approximate surface area is 159 Å². The van der Waals surface area contributed by atoms with E-state index in [0.717, 1.165) is 0 Å². The Bertz CT molecular complexity index is 825. The van der Waals surface area contributed by atoms with Crippen LogP contribution in [-0.4, -0.2) is 36.6 Å². The summed E-state index contributed by atoms with van der Waals surface area (Å²) in [6, 6.07) is 7.29. The summed E-state index contributed by atoms with van der Waals surface area (Å²) >= 11 is 0. The molecule has 0 radical (unpaired) electrons. The second kappa shape index (κ2) is 7.50. The second-order valence-electron chi connectivity index (χ2n) is 7.21. The molecule has 2 aliphatic carbocycles. The van der Waals surface area contributed by atoms with Crippen LogP contribution in [0.2, 0.25) is 0 Å². The van der Waals surface area contributed by atoms with Crippen molar-refractivity contribution in [2.24, 2.45) is 0 Å². The molecule has 0 spiro atoms. The van der Waals surface area contributed by atoms with Crippen molar-refractivity contribution in [3.05, 3.63) is 35.7 Å². The van der Waals surface area contributed by atoms with Gasteiger partial charge in [0.25, 0.3) is 0 Å². The molecule has 1 aromatic carbocycles. The van der Waals surface area contributed by atoms with Gasteiger partial charge in [-0.05, 0) is 43.9 Å². The molecule has 4 rings (SSSR count). The number of nitrogens with one attached hydrogen (secondary N) is 2. The van der Waals surface area contributed by atoms with Gasteiger partial charge in [-0.2, -0.15) is 5.10 Å². The van der Waals surface area contributed by atoms with Crippen LogP contribution in [0.1, 0.15) is 48.9 Å². The minimum atomic E-state index is -0.263. The van der Waals surface area contributed by atoms with Gasteiger partial charge in [-0.25, -0.2) is 4.79 Å². The van der Waals surface area contributed by atoms with Crippen LogP contribution in [0, 0.1) is 0 Å². The van der Waals surface area contributed by atoms with Crippen LogP contribution >= 0.6 is 0 Å². The molecule has 7 nitrogen and oxygen atoms in total. The molecule has 0 bridgehead atoms. The highest BCUT2D eigenvalue weighted by Gasteiger charge is 2.32. The molecule has 2 saturated carbocycles. The summed E-state index contributed by atoms with van der Waals surface area (Å²) in [6.07, 6.45) is 5.01. The number of hydrogen-bond acceptors (Lipinski definition) is 4. The maximum Gasteiger partial charge on any atom is 0.319 e. The molecule has 144 valence electrons. The van der Waals surface area contributed by atoms with E-state index < -0.39 is 0 Å². The first kappa shape index (κ1) is 17.7. The third kappa shape index (κ3) is 4.18. The summed E-state index contributed by atoms with van der Waals surface area (Å²) < 4.78 is 12.6. The standard InChI is InChI=1S/C20H26N4O3/c1-26-15-7-8-16(19(11-15)27-2)22-20(25)21-9-10-24-18(14-5-6-14)12-17(23-24)13-3-4-13/h7-8,11-14H,3-6,9-10H2,1-2H3,(H2,21,22,25). The Morgan fingerprint density at radius 1 is 1.15 bits per heavy atom. The fraction of sp³-hybridized carbons (Fsp3) is 0.500. The van der Waals surface area contributed by atoms with E-state index in [1.807, 2.05) is 0 Å².